The van der Waals surface area contributed by atoms with Gasteiger partial charge in [0.2, 0.25) is 0 Å². The Balaban J connectivity index is 1.85. The van der Waals surface area contributed by atoms with E-state index in [0.717, 1.165) is 29.2 Å². The Morgan fingerprint density at radius 3 is 3.20 bits per heavy atom. The van der Waals surface area contributed by atoms with E-state index in [1.54, 1.807) is 6.26 Å². The van der Waals surface area contributed by atoms with Crippen molar-refractivity contribution in [2.45, 2.75) is 13.0 Å². The molecule has 1 saturated heterocycles. The Morgan fingerprint density at radius 1 is 1.67 bits per heavy atom. The van der Waals surface area contributed by atoms with Gasteiger partial charge in [-0.25, -0.2) is 0 Å². The van der Waals surface area contributed by atoms with Crippen LogP contribution in [0.25, 0.3) is 0 Å². The molecule has 0 radical (unpaired) electrons. The van der Waals surface area contributed by atoms with Crippen LogP contribution < -0.4 is 5.32 Å². The number of halogens is 1. The molecule has 1 atom stereocenters. The highest BCUT2D eigenvalue weighted by molar-refractivity contribution is 9.10. The zero-order valence-corrected chi connectivity index (χ0v) is 10.6. The Kier molecular flexibility index (Phi) is 3.83. The molecular formula is C11H17BrN2O. The van der Waals surface area contributed by atoms with E-state index in [0.29, 0.717) is 0 Å². The molecule has 1 aliphatic heterocycles. The Morgan fingerprint density at radius 2 is 2.53 bits per heavy atom. The van der Waals surface area contributed by atoms with Gasteiger partial charge in [-0.15, -0.1) is 0 Å². The predicted molar refractivity (Wildman–Crippen MR) is 63.7 cm³/mol. The monoisotopic (exact) mass is 272 g/mol. The van der Waals surface area contributed by atoms with Crippen molar-refractivity contribution in [1.82, 2.24) is 10.2 Å². The average molecular weight is 273 g/mol. The van der Waals surface area contributed by atoms with E-state index >= 15 is 0 Å². The third-order valence-electron chi connectivity index (χ3n) is 2.92. The first kappa shape index (κ1) is 11.2. The van der Waals surface area contributed by atoms with Crippen LogP contribution in [0.4, 0.5) is 0 Å². The molecule has 84 valence electrons. The van der Waals surface area contributed by atoms with Crippen LogP contribution in [0.3, 0.4) is 0 Å². The quantitative estimate of drug-likeness (QED) is 0.910. The van der Waals surface area contributed by atoms with Crippen LogP contribution in [-0.4, -0.2) is 31.6 Å². The molecular weight excluding hydrogens is 256 g/mol. The lowest BCUT2D eigenvalue weighted by Crippen LogP contribution is -2.24. The van der Waals surface area contributed by atoms with E-state index < -0.39 is 0 Å². The van der Waals surface area contributed by atoms with Crippen LogP contribution in [0.15, 0.2) is 21.2 Å². The van der Waals surface area contributed by atoms with Crippen LogP contribution in [-0.2, 0) is 6.54 Å². The van der Waals surface area contributed by atoms with Crippen LogP contribution in [0.1, 0.15) is 12.2 Å². The van der Waals surface area contributed by atoms with Gasteiger partial charge in [0.15, 0.2) is 0 Å². The highest BCUT2D eigenvalue weighted by Gasteiger charge is 2.22. The first-order valence-electron chi connectivity index (χ1n) is 5.38. The molecule has 4 heteroatoms. The molecule has 0 spiro atoms. The molecule has 2 rings (SSSR count). The SMILES string of the molecule is CNCC1CCN(Cc2occc2Br)C1. The molecule has 1 N–H and O–H groups in total. The molecule has 0 saturated carbocycles. The minimum atomic E-state index is 0.795. The van der Waals surface area contributed by atoms with Crippen molar-refractivity contribution in [3.05, 3.63) is 22.6 Å². The van der Waals surface area contributed by atoms with E-state index in [1.165, 1.54) is 19.5 Å². The number of nitrogens with one attached hydrogen (secondary N) is 1. The predicted octanol–water partition coefficient (Wildman–Crippen LogP) is 2.08. The van der Waals surface area contributed by atoms with Crippen molar-refractivity contribution in [3.63, 3.8) is 0 Å². The highest BCUT2D eigenvalue weighted by atomic mass is 79.9. The maximum Gasteiger partial charge on any atom is 0.131 e. The third kappa shape index (κ3) is 2.83. The van der Waals surface area contributed by atoms with E-state index in [2.05, 4.69) is 26.1 Å². The van der Waals surface area contributed by atoms with Crippen molar-refractivity contribution in [1.29, 1.82) is 0 Å². The van der Waals surface area contributed by atoms with Gasteiger partial charge in [-0.2, -0.15) is 0 Å². The second kappa shape index (κ2) is 5.14. The third-order valence-corrected chi connectivity index (χ3v) is 3.63. The fourth-order valence-electron chi connectivity index (χ4n) is 2.15. The summed E-state index contributed by atoms with van der Waals surface area (Å²) in [4.78, 5) is 2.45. The summed E-state index contributed by atoms with van der Waals surface area (Å²) >= 11 is 3.49. The summed E-state index contributed by atoms with van der Waals surface area (Å²) < 4.78 is 6.50. The largest absolute Gasteiger partial charge is 0.467 e. The van der Waals surface area contributed by atoms with Crippen molar-refractivity contribution < 1.29 is 4.42 Å². The van der Waals surface area contributed by atoms with Crippen molar-refractivity contribution in [2.24, 2.45) is 5.92 Å². The molecule has 15 heavy (non-hydrogen) atoms. The number of hydrogen-bond acceptors (Lipinski definition) is 3. The van der Waals surface area contributed by atoms with Gasteiger partial charge in [0.1, 0.15) is 5.76 Å². The van der Waals surface area contributed by atoms with Gasteiger partial charge in [0.05, 0.1) is 17.3 Å². The second-order valence-corrected chi connectivity index (χ2v) is 4.99. The fraction of sp³-hybridized carbons (Fsp3) is 0.636. The van der Waals surface area contributed by atoms with Gasteiger partial charge < -0.3 is 9.73 Å². The molecule has 2 heterocycles. The zero-order valence-electron chi connectivity index (χ0n) is 9.00. The Bertz CT molecular complexity index is 313. The summed E-state index contributed by atoms with van der Waals surface area (Å²) in [5.41, 5.74) is 0. The summed E-state index contributed by atoms with van der Waals surface area (Å²) in [5, 5.41) is 3.24. The van der Waals surface area contributed by atoms with Crippen LogP contribution in [0.5, 0.6) is 0 Å². The molecule has 0 aromatic carbocycles. The van der Waals surface area contributed by atoms with Gasteiger partial charge in [0, 0.05) is 6.54 Å². The maximum atomic E-state index is 5.42. The van der Waals surface area contributed by atoms with Crippen LogP contribution in [0.2, 0.25) is 0 Å². The normalized spacial score (nSPS) is 22.4. The summed E-state index contributed by atoms with van der Waals surface area (Å²) in [5.74, 6) is 1.84. The molecule has 0 aliphatic carbocycles. The minimum Gasteiger partial charge on any atom is -0.467 e. The first-order chi connectivity index (χ1) is 7.29. The summed E-state index contributed by atoms with van der Waals surface area (Å²) in [6, 6.07) is 1.95. The molecule has 0 bridgehead atoms. The number of rotatable bonds is 4. The topological polar surface area (TPSA) is 28.4 Å². The van der Waals surface area contributed by atoms with Crippen LogP contribution in [0, 0.1) is 5.92 Å². The smallest absolute Gasteiger partial charge is 0.131 e. The summed E-state index contributed by atoms with van der Waals surface area (Å²) in [7, 11) is 2.02. The molecule has 1 aliphatic rings. The second-order valence-electron chi connectivity index (χ2n) is 4.14. The number of nitrogens with zero attached hydrogens (tertiary/aromatic N) is 1. The van der Waals surface area contributed by atoms with Crippen LogP contribution >= 0.6 is 15.9 Å². The van der Waals surface area contributed by atoms with E-state index in [1.807, 2.05) is 13.1 Å². The first-order valence-corrected chi connectivity index (χ1v) is 6.17. The lowest BCUT2D eigenvalue weighted by Gasteiger charge is -2.14. The number of furan rings is 1. The highest BCUT2D eigenvalue weighted by Crippen LogP contribution is 2.23. The lowest BCUT2D eigenvalue weighted by atomic mass is 10.1. The maximum absolute atomic E-state index is 5.42. The van der Waals surface area contributed by atoms with Crippen molar-refractivity contribution >= 4 is 15.9 Å². The van der Waals surface area contributed by atoms with Crippen molar-refractivity contribution in [3.8, 4) is 0 Å². The van der Waals surface area contributed by atoms with Gasteiger partial charge in [-0.3, -0.25) is 4.90 Å². The summed E-state index contributed by atoms with van der Waals surface area (Å²) in [6.45, 7) is 4.40. The minimum absolute atomic E-state index is 0.795. The fourth-order valence-corrected chi connectivity index (χ4v) is 2.48. The molecule has 1 aromatic heterocycles. The lowest BCUT2D eigenvalue weighted by molar-refractivity contribution is 0.285. The van der Waals surface area contributed by atoms with Gasteiger partial charge in [0.25, 0.3) is 0 Å². The molecule has 3 nitrogen and oxygen atoms in total. The van der Waals surface area contributed by atoms with E-state index in [9.17, 15) is 0 Å². The average Bonchev–Trinajstić information content (AvgIpc) is 2.79. The van der Waals surface area contributed by atoms with Gasteiger partial charge in [-0.1, -0.05) is 0 Å². The summed E-state index contributed by atoms with van der Waals surface area (Å²) in [6.07, 6.45) is 3.03. The molecule has 1 fully saturated rings. The zero-order chi connectivity index (χ0) is 10.7. The Labute approximate surface area is 99.0 Å². The van der Waals surface area contributed by atoms with E-state index in [4.69, 9.17) is 4.42 Å². The molecule has 0 amide bonds. The number of likely N-dealkylation sites (tertiary alicyclic amines) is 1. The van der Waals surface area contributed by atoms with E-state index in [-0.39, 0.29) is 0 Å². The van der Waals surface area contributed by atoms with Gasteiger partial charge in [-0.05, 0) is 54.5 Å². The molecule has 1 aromatic rings. The van der Waals surface area contributed by atoms with Gasteiger partial charge >= 0.3 is 0 Å². The number of hydrogen-bond donors (Lipinski definition) is 1. The van der Waals surface area contributed by atoms with Crippen molar-refractivity contribution in [2.75, 3.05) is 26.7 Å². The standard InChI is InChI=1S/C11H17BrN2O/c1-13-6-9-2-4-14(7-9)8-11-10(12)3-5-15-11/h3,5,9,13H,2,4,6-8H2,1H3. The molecule has 1 unspecified atom stereocenters. The Hall–Kier alpha value is -0.320.